The van der Waals surface area contributed by atoms with Gasteiger partial charge in [0.05, 0.1) is 5.92 Å². The summed E-state index contributed by atoms with van der Waals surface area (Å²) in [7, 11) is 1.41. The molecule has 138 valence electrons. The Balaban J connectivity index is 1.88. The van der Waals surface area contributed by atoms with Gasteiger partial charge >= 0.3 is 5.69 Å². The van der Waals surface area contributed by atoms with Gasteiger partial charge in [-0.25, -0.2) is 4.79 Å². The topological polar surface area (TPSA) is 104 Å². The lowest BCUT2D eigenvalue weighted by Crippen LogP contribution is -2.47. The number of H-pyrrole nitrogens is 1. The molecule has 2 rings (SSSR count). The summed E-state index contributed by atoms with van der Waals surface area (Å²) in [6.07, 6.45) is 2.68. The lowest BCUT2D eigenvalue weighted by atomic mass is 9.95. The fraction of sp³-hybridized carbons (Fsp3) is 0.647. The molecule has 1 aromatic heterocycles. The molecule has 8 heteroatoms. The Morgan fingerprint density at radius 2 is 2.08 bits per heavy atom. The van der Waals surface area contributed by atoms with Crippen LogP contribution >= 0.6 is 0 Å². The van der Waals surface area contributed by atoms with Crippen LogP contribution in [0.5, 0.6) is 0 Å². The smallest absolute Gasteiger partial charge is 0.328 e. The van der Waals surface area contributed by atoms with Crippen molar-refractivity contribution in [1.29, 1.82) is 0 Å². The van der Waals surface area contributed by atoms with Crippen molar-refractivity contribution >= 4 is 11.8 Å². The third-order valence-electron chi connectivity index (χ3n) is 4.40. The van der Waals surface area contributed by atoms with Crippen LogP contribution in [0.1, 0.15) is 32.3 Å². The molecule has 25 heavy (non-hydrogen) atoms. The molecule has 2 N–H and O–H groups in total. The van der Waals surface area contributed by atoms with E-state index in [9.17, 15) is 19.2 Å². The van der Waals surface area contributed by atoms with Crippen molar-refractivity contribution in [3.05, 3.63) is 32.6 Å². The normalized spacial score (nSPS) is 17.8. The number of nitrogens with zero attached hydrogens (tertiary/aromatic N) is 2. The number of piperidine rings is 1. The Kier molecular flexibility index (Phi) is 6.17. The zero-order chi connectivity index (χ0) is 18.6. The molecule has 0 radical (unpaired) electrons. The first-order valence-electron chi connectivity index (χ1n) is 8.62. The molecule has 1 aliphatic heterocycles. The predicted molar refractivity (Wildman–Crippen MR) is 93.2 cm³/mol. The van der Waals surface area contributed by atoms with Crippen molar-refractivity contribution < 1.29 is 9.59 Å². The van der Waals surface area contributed by atoms with Gasteiger partial charge in [-0.1, -0.05) is 13.8 Å². The van der Waals surface area contributed by atoms with Crippen LogP contribution in [-0.2, 0) is 23.1 Å². The third-order valence-corrected chi connectivity index (χ3v) is 4.40. The van der Waals surface area contributed by atoms with E-state index in [4.69, 9.17) is 0 Å². The second-order valence-electron chi connectivity index (χ2n) is 6.95. The van der Waals surface area contributed by atoms with Crippen LogP contribution in [0.4, 0.5) is 0 Å². The summed E-state index contributed by atoms with van der Waals surface area (Å²) in [6, 6.07) is 0. The summed E-state index contributed by atoms with van der Waals surface area (Å²) in [5.41, 5.74) is -0.373. The highest BCUT2D eigenvalue weighted by Gasteiger charge is 2.30. The minimum Gasteiger partial charge on any atom is -0.355 e. The summed E-state index contributed by atoms with van der Waals surface area (Å²) in [6.45, 7) is 5.51. The van der Waals surface area contributed by atoms with E-state index in [2.05, 4.69) is 10.3 Å². The number of amides is 2. The number of aromatic nitrogens is 2. The van der Waals surface area contributed by atoms with Crippen LogP contribution in [-0.4, -0.2) is 45.9 Å². The fourth-order valence-corrected chi connectivity index (χ4v) is 3.00. The Hall–Kier alpha value is -2.38. The summed E-state index contributed by atoms with van der Waals surface area (Å²) < 4.78 is 1.01. The number of likely N-dealkylation sites (tertiary alicyclic amines) is 1. The van der Waals surface area contributed by atoms with Crippen molar-refractivity contribution in [2.75, 3.05) is 19.6 Å². The number of carbonyl (C=O) groups is 2. The van der Waals surface area contributed by atoms with E-state index >= 15 is 0 Å². The van der Waals surface area contributed by atoms with Crippen LogP contribution < -0.4 is 16.6 Å². The van der Waals surface area contributed by atoms with E-state index in [1.165, 1.54) is 13.2 Å². The molecule has 8 nitrogen and oxygen atoms in total. The quantitative estimate of drug-likeness (QED) is 0.730. The molecule has 1 aromatic rings. The van der Waals surface area contributed by atoms with E-state index in [1.807, 2.05) is 13.8 Å². The Morgan fingerprint density at radius 3 is 2.76 bits per heavy atom. The van der Waals surface area contributed by atoms with E-state index in [1.54, 1.807) is 4.90 Å². The maximum absolute atomic E-state index is 12.3. The van der Waals surface area contributed by atoms with E-state index in [0.29, 0.717) is 50.4 Å². The number of hydrogen-bond donors (Lipinski definition) is 2. The minimum absolute atomic E-state index is 0.0949. The van der Waals surface area contributed by atoms with Crippen LogP contribution in [0.3, 0.4) is 0 Å². The molecular weight excluding hydrogens is 324 g/mol. The Labute approximate surface area is 146 Å². The first kappa shape index (κ1) is 19.0. The van der Waals surface area contributed by atoms with Gasteiger partial charge in [-0.15, -0.1) is 0 Å². The zero-order valence-corrected chi connectivity index (χ0v) is 15.0. The summed E-state index contributed by atoms with van der Waals surface area (Å²) in [5, 5.41) is 2.83. The summed E-state index contributed by atoms with van der Waals surface area (Å²) in [5.74, 6) is 0.161. The van der Waals surface area contributed by atoms with Crippen molar-refractivity contribution in [3.63, 3.8) is 0 Å². The molecule has 0 bridgehead atoms. The Morgan fingerprint density at radius 1 is 1.36 bits per heavy atom. The lowest BCUT2D eigenvalue weighted by Gasteiger charge is -2.33. The summed E-state index contributed by atoms with van der Waals surface area (Å²) in [4.78, 5) is 51.8. The van der Waals surface area contributed by atoms with Crippen LogP contribution in [0, 0.1) is 11.8 Å². The number of rotatable bonds is 6. The minimum atomic E-state index is -0.463. The van der Waals surface area contributed by atoms with Crippen molar-refractivity contribution in [2.24, 2.45) is 18.9 Å². The second kappa shape index (κ2) is 8.13. The number of aromatic amines is 1. The van der Waals surface area contributed by atoms with Gasteiger partial charge in [0.1, 0.15) is 0 Å². The van der Waals surface area contributed by atoms with Gasteiger partial charge in [0.15, 0.2) is 0 Å². The average molecular weight is 350 g/mol. The van der Waals surface area contributed by atoms with Gasteiger partial charge in [-0.3, -0.25) is 19.0 Å². The van der Waals surface area contributed by atoms with Crippen LogP contribution in [0.2, 0.25) is 0 Å². The lowest BCUT2D eigenvalue weighted by molar-refractivity contribution is -0.138. The van der Waals surface area contributed by atoms with Gasteiger partial charge in [-0.2, -0.15) is 0 Å². The molecule has 0 aliphatic carbocycles. The molecule has 1 atom stereocenters. The highest BCUT2D eigenvalue weighted by Crippen LogP contribution is 2.18. The maximum atomic E-state index is 12.3. The fourth-order valence-electron chi connectivity index (χ4n) is 3.00. The van der Waals surface area contributed by atoms with Crippen molar-refractivity contribution in [2.45, 2.75) is 33.1 Å². The van der Waals surface area contributed by atoms with Gasteiger partial charge in [-0.05, 0) is 18.8 Å². The van der Waals surface area contributed by atoms with E-state index in [-0.39, 0.29) is 23.3 Å². The Bertz CT molecular complexity index is 750. The number of nitrogens with one attached hydrogen (secondary N) is 2. The van der Waals surface area contributed by atoms with Crippen molar-refractivity contribution in [3.8, 4) is 0 Å². The second-order valence-corrected chi connectivity index (χ2v) is 6.95. The van der Waals surface area contributed by atoms with Gasteiger partial charge in [0.25, 0.3) is 5.56 Å². The zero-order valence-electron chi connectivity index (χ0n) is 15.0. The van der Waals surface area contributed by atoms with Gasteiger partial charge in [0.2, 0.25) is 11.8 Å². The van der Waals surface area contributed by atoms with E-state index in [0.717, 1.165) is 4.57 Å². The molecule has 1 saturated heterocycles. The first-order valence-corrected chi connectivity index (χ1v) is 8.62. The summed E-state index contributed by atoms with van der Waals surface area (Å²) >= 11 is 0. The highest BCUT2D eigenvalue weighted by molar-refractivity contribution is 5.83. The van der Waals surface area contributed by atoms with E-state index < -0.39 is 5.69 Å². The first-order chi connectivity index (χ1) is 11.8. The molecule has 1 fully saturated rings. The maximum Gasteiger partial charge on any atom is 0.328 e. The number of carbonyl (C=O) groups excluding carboxylic acids is 2. The van der Waals surface area contributed by atoms with Crippen LogP contribution in [0.25, 0.3) is 0 Å². The SMILES string of the molecule is CC(C)CN1CC(C(=O)NCCc2c[nH]c(=O)n(C)c2=O)CCC1=O. The molecule has 2 amide bonds. The molecular formula is C17H26N4O4. The molecule has 1 unspecified atom stereocenters. The number of hydrogen-bond acceptors (Lipinski definition) is 4. The van der Waals surface area contributed by atoms with Gasteiger partial charge < -0.3 is 15.2 Å². The molecule has 1 aliphatic rings. The van der Waals surface area contributed by atoms with Crippen molar-refractivity contribution in [1.82, 2.24) is 19.8 Å². The van der Waals surface area contributed by atoms with Crippen LogP contribution in [0.15, 0.2) is 15.8 Å². The molecule has 0 saturated carbocycles. The third kappa shape index (κ3) is 4.80. The highest BCUT2D eigenvalue weighted by atomic mass is 16.2. The average Bonchev–Trinajstić information content (AvgIpc) is 2.56. The predicted octanol–water partition coefficient (Wildman–Crippen LogP) is -0.373. The standard InChI is InChI=1S/C17H26N4O4/c1-11(2)9-21-10-13(4-5-14(21)22)15(23)18-7-6-12-8-19-17(25)20(3)16(12)24/h8,11,13H,4-7,9-10H2,1-3H3,(H,18,23)(H,19,25). The largest absolute Gasteiger partial charge is 0.355 e. The monoisotopic (exact) mass is 350 g/mol. The molecule has 0 aromatic carbocycles. The van der Waals surface area contributed by atoms with Gasteiger partial charge in [0, 0.05) is 44.9 Å². The molecule has 2 heterocycles. The molecule has 0 spiro atoms.